The van der Waals surface area contributed by atoms with Crippen molar-refractivity contribution in [1.29, 1.82) is 0 Å². The summed E-state index contributed by atoms with van der Waals surface area (Å²) in [7, 11) is 1.56. The average Bonchev–Trinajstić information content (AvgIpc) is 2.50. The summed E-state index contributed by atoms with van der Waals surface area (Å²) in [5.41, 5.74) is 0.919. The van der Waals surface area contributed by atoms with Crippen molar-refractivity contribution in [1.82, 2.24) is 5.32 Å². The smallest absolute Gasteiger partial charge is 0.257 e. The molecule has 0 saturated heterocycles. The van der Waals surface area contributed by atoms with E-state index in [0.717, 1.165) is 3.57 Å². The second-order valence-electron chi connectivity index (χ2n) is 4.39. The van der Waals surface area contributed by atoms with Crippen LogP contribution in [0.3, 0.4) is 0 Å². The molecule has 4 nitrogen and oxygen atoms in total. The number of hydrogen-bond acceptors (Lipinski definition) is 3. The molecular formula is C15H11ClFIN2O2S. The summed E-state index contributed by atoms with van der Waals surface area (Å²) in [6.45, 7) is 0. The van der Waals surface area contributed by atoms with E-state index in [4.69, 9.17) is 28.6 Å². The zero-order valence-corrected chi connectivity index (χ0v) is 15.6. The normalized spacial score (nSPS) is 10.1. The van der Waals surface area contributed by atoms with Gasteiger partial charge >= 0.3 is 0 Å². The predicted octanol–water partition coefficient (Wildman–Crippen LogP) is 4.22. The number of hydrogen-bond donors (Lipinski definition) is 2. The largest absolute Gasteiger partial charge is 0.496 e. The maximum atomic E-state index is 13.1. The lowest BCUT2D eigenvalue weighted by Gasteiger charge is -2.11. The molecule has 0 spiro atoms. The molecule has 120 valence electrons. The van der Waals surface area contributed by atoms with Crippen LogP contribution >= 0.6 is 46.4 Å². The van der Waals surface area contributed by atoms with Gasteiger partial charge in [-0.05, 0) is 71.2 Å². The third-order valence-electron chi connectivity index (χ3n) is 2.82. The van der Waals surface area contributed by atoms with E-state index in [-0.39, 0.29) is 16.0 Å². The van der Waals surface area contributed by atoms with Crippen LogP contribution in [0.15, 0.2) is 36.4 Å². The second-order valence-corrected chi connectivity index (χ2v) is 6.36. The number of carbonyl (C=O) groups excluding carboxylic acids is 1. The zero-order valence-electron chi connectivity index (χ0n) is 11.8. The highest BCUT2D eigenvalue weighted by Gasteiger charge is 2.11. The Kier molecular flexibility index (Phi) is 6.14. The third kappa shape index (κ3) is 4.76. The van der Waals surface area contributed by atoms with Crippen LogP contribution < -0.4 is 15.4 Å². The number of thiocarbonyl (C=S) groups is 1. The molecule has 2 rings (SSSR count). The number of anilines is 1. The van der Waals surface area contributed by atoms with Gasteiger partial charge in [0.25, 0.3) is 5.91 Å². The van der Waals surface area contributed by atoms with Crippen LogP contribution in [0.4, 0.5) is 10.1 Å². The topological polar surface area (TPSA) is 50.4 Å². The molecule has 0 heterocycles. The Morgan fingerprint density at radius 1 is 1.30 bits per heavy atom. The Morgan fingerprint density at radius 2 is 2.04 bits per heavy atom. The number of rotatable bonds is 3. The fourth-order valence-electron chi connectivity index (χ4n) is 1.72. The number of nitrogens with one attached hydrogen (secondary N) is 2. The van der Waals surface area contributed by atoms with Crippen molar-refractivity contribution in [2.45, 2.75) is 0 Å². The molecule has 2 N–H and O–H groups in total. The number of benzene rings is 2. The number of halogens is 3. The molecule has 0 fully saturated rings. The molecule has 0 atom stereocenters. The number of amides is 1. The molecular weight excluding hydrogens is 454 g/mol. The Balaban J connectivity index is 2.03. The number of carbonyl (C=O) groups is 1. The van der Waals surface area contributed by atoms with Crippen molar-refractivity contribution >= 4 is 63.1 Å². The second kappa shape index (κ2) is 7.89. The molecule has 0 unspecified atom stereocenters. The van der Waals surface area contributed by atoms with E-state index in [2.05, 4.69) is 33.2 Å². The van der Waals surface area contributed by atoms with Gasteiger partial charge in [0, 0.05) is 11.3 Å². The minimum Gasteiger partial charge on any atom is -0.496 e. The molecule has 0 saturated carbocycles. The fraction of sp³-hybridized carbons (Fsp3) is 0.0667. The molecule has 0 aliphatic rings. The van der Waals surface area contributed by atoms with Gasteiger partial charge < -0.3 is 10.1 Å². The van der Waals surface area contributed by atoms with Gasteiger partial charge in [0.1, 0.15) is 11.6 Å². The van der Waals surface area contributed by atoms with Crippen LogP contribution in [0.25, 0.3) is 0 Å². The van der Waals surface area contributed by atoms with Gasteiger partial charge in [-0.2, -0.15) is 0 Å². The van der Waals surface area contributed by atoms with Crippen LogP contribution in [0.2, 0.25) is 5.02 Å². The van der Waals surface area contributed by atoms with Gasteiger partial charge in [-0.15, -0.1) is 0 Å². The Morgan fingerprint density at radius 3 is 2.65 bits per heavy atom. The maximum absolute atomic E-state index is 13.1. The third-order valence-corrected chi connectivity index (χ3v) is 4.16. The first-order chi connectivity index (χ1) is 10.9. The average molecular weight is 465 g/mol. The van der Waals surface area contributed by atoms with Crippen molar-refractivity contribution in [2.75, 3.05) is 12.4 Å². The van der Waals surface area contributed by atoms with Gasteiger partial charge in [0.15, 0.2) is 5.11 Å². The van der Waals surface area contributed by atoms with E-state index in [0.29, 0.717) is 17.0 Å². The monoisotopic (exact) mass is 464 g/mol. The van der Waals surface area contributed by atoms with Crippen LogP contribution in [0.5, 0.6) is 5.75 Å². The minimum atomic E-state index is -0.528. The summed E-state index contributed by atoms with van der Waals surface area (Å²) in [5.74, 6) is -0.208. The van der Waals surface area contributed by atoms with Crippen LogP contribution in [-0.4, -0.2) is 18.1 Å². The first kappa shape index (κ1) is 17.9. The van der Waals surface area contributed by atoms with Crippen LogP contribution in [0.1, 0.15) is 10.4 Å². The highest BCUT2D eigenvalue weighted by molar-refractivity contribution is 14.1. The molecule has 8 heteroatoms. The van der Waals surface area contributed by atoms with Gasteiger partial charge in [-0.1, -0.05) is 11.6 Å². The number of methoxy groups -OCH3 is 1. The zero-order chi connectivity index (χ0) is 17.0. The maximum Gasteiger partial charge on any atom is 0.257 e. The molecule has 0 radical (unpaired) electrons. The molecule has 1 amide bonds. The summed E-state index contributed by atoms with van der Waals surface area (Å²) < 4.78 is 19.0. The van der Waals surface area contributed by atoms with E-state index < -0.39 is 5.82 Å². The van der Waals surface area contributed by atoms with Crippen molar-refractivity contribution in [3.8, 4) is 5.75 Å². The predicted molar refractivity (Wildman–Crippen MR) is 101 cm³/mol. The lowest BCUT2D eigenvalue weighted by atomic mass is 10.2. The van der Waals surface area contributed by atoms with E-state index in [1.807, 2.05) is 0 Å². The Hall–Kier alpha value is -1.45. The van der Waals surface area contributed by atoms with Crippen molar-refractivity contribution in [2.24, 2.45) is 0 Å². The van der Waals surface area contributed by atoms with Crippen molar-refractivity contribution in [3.05, 3.63) is 56.4 Å². The summed E-state index contributed by atoms with van der Waals surface area (Å²) >= 11 is 12.8. The summed E-state index contributed by atoms with van der Waals surface area (Å²) in [6.07, 6.45) is 0. The van der Waals surface area contributed by atoms with Crippen LogP contribution in [-0.2, 0) is 0 Å². The van der Waals surface area contributed by atoms with Gasteiger partial charge in [0.2, 0.25) is 0 Å². The standard InChI is InChI=1S/C15H11ClFIN2O2S/c1-22-13-5-2-8(6-12(13)18)14(21)20-15(23)19-9-3-4-11(17)10(16)7-9/h2-7H,1H3,(H2,19,20,21,23). The van der Waals surface area contributed by atoms with E-state index in [9.17, 15) is 9.18 Å². The molecule has 0 aliphatic heterocycles. The van der Waals surface area contributed by atoms with E-state index in [1.165, 1.54) is 18.2 Å². The molecule has 2 aromatic rings. The highest BCUT2D eigenvalue weighted by atomic mass is 127. The molecule has 0 aromatic heterocycles. The lowest BCUT2D eigenvalue weighted by molar-refractivity contribution is 0.0977. The van der Waals surface area contributed by atoms with Crippen molar-refractivity contribution in [3.63, 3.8) is 0 Å². The van der Waals surface area contributed by atoms with Gasteiger partial charge in [-0.3, -0.25) is 10.1 Å². The molecule has 23 heavy (non-hydrogen) atoms. The van der Waals surface area contributed by atoms with Gasteiger partial charge in [-0.25, -0.2) is 4.39 Å². The summed E-state index contributed by atoms with van der Waals surface area (Å²) in [5, 5.41) is 5.37. The molecule has 0 bridgehead atoms. The summed E-state index contributed by atoms with van der Waals surface area (Å²) in [6, 6.07) is 9.08. The van der Waals surface area contributed by atoms with E-state index >= 15 is 0 Å². The molecule has 0 aliphatic carbocycles. The lowest BCUT2D eigenvalue weighted by Crippen LogP contribution is -2.34. The van der Waals surface area contributed by atoms with Crippen LogP contribution in [0, 0.1) is 9.39 Å². The quantitative estimate of drug-likeness (QED) is 0.528. The Labute approximate surface area is 156 Å². The SMILES string of the molecule is COc1ccc(C(=O)NC(=S)Nc2ccc(F)c(Cl)c2)cc1I. The number of ether oxygens (including phenoxy) is 1. The first-order valence-corrected chi connectivity index (χ1v) is 8.18. The van der Waals surface area contributed by atoms with Gasteiger partial charge in [0.05, 0.1) is 15.7 Å². The van der Waals surface area contributed by atoms with Crippen molar-refractivity contribution < 1.29 is 13.9 Å². The minimum absolute atomic E-state index is 0.0335. The fourth-order valence-corrected chi connectivity index (χ4v) is 2.85. The summed E-state index contributed by atoms with van der Waals surface area (Å²) in [4.78, 5) is 12.1. The highest BCUT2D eigenvalue weighted by Crippen LogP contribution is 2.22. The van der Waals surface area contributed by atoms with E-state index in [1.54, 1.807) is 25.3 Å². The molecule has 2 aromatic carbocycles. The Bertz CT molecular complexity index is 773. The first-order valence-electron chi connectivity index (χ1n) is 6.31.